The van der Waals surface area contributed by atoms with E-state index in [-0.39, 0.29) is 31.5 Å². The summed E-state index contributed by atoms with van der Waals surface area (Å²) in [5.41, 5.74) is -4.15. The highest BCUT2D eigenvalue weighted by atomic mass is 32.1. The predicted molar refractivity (Wildman–Crippen MR) is 150 cm³/mol. The largest absolute Gasteiger partial charge is 0.440 e. The Morgan fingerprint density at radius 2 is 2.05 bits per heavy atom. The molecule has 9 unspecified atom stereocenters. The van der Waals surface area contributed by atoms with Crippen LogP contribution in [-0.4, -0.2) is 68.1 Å². The molecule has 0 radical (unpaired) electrons. The Balaban J connectivity index is 1.30. The number of aliphatic hydroxyl groups is 2. The summed E-state index contributed by atoms with van der Waals surface area (Å²) in [5.74, 6) is -2.59. The Bertz CT molecular complexity index is 1460. The van der Waals surface area contributed by atoms with E-state index in [1.165, 1.54) is 30.4 Å². The molecule has 3 fully saturated rings. The minimum absolute atomic E-state index is 0.0231. The lowest BCUT2D eigenvalue weighted by Crippen LogP contribution is -2.68. The molecule has 3 N–H and O–H groups in total. The van der Waals surface area contributed by atoms with Crippen molar-refractivity contribution in [3.63, 3.8) is 0 Å². The van der Waals surface area contributed by atoms with Crippen molar-refractivity contribution in [2.45, 2.75) is 64.5 Å². The van der Waals surface area contributed by atoms with Gasteiger partial charge in [0.05, 0.1) is 23.2 Å². The van der Waals surface area contributed by atoms with Gasteiger partial charge in [-0.15, -0.1) is 11.3 Å². The maximum Gasteiger partial charge on any atom is 0.236 e. The zero-order valence-electron chi connectivity index (χ0n) is 23.8. The van der Waals surface area contributed by atoms with Crippen molar-refractivity contribution in [2.75, 3.05) is 13.2 Å². The van der Waals surface area contributed by atoms with E-state index in [4.69, 9.17) is 4.42 Å². The molecule has 2 heterocycles. The maximum atomic E-state index is 17.5. The van der Waals surface area contributed by atoms with Crippen molar-refractivity contribution in [3.05, 3.63) is 52.8 Å². The molecule has 0 bridgehead atoms. The van der Waals surface area contributed by atoms with Crippen LogP contribution in [0.3, 0.4) is 0 Å². The number of fused-ring (bicyclic) bond motifs is 5. The Morgan fingerprint density at radius 3 is 2.74 bits per heavy atom. The van der Waals surface area contributed by atoms with E-state index in [0.29, 0.717) is 23.8 Å². The minimum Gasteiger partial charge on any atom is -0.440 e. The highest BCUT2D eigenvalue weighted by Crippen LogP contribution is 2.70. The van der Waals surface area contributed by atoms with Gasteiger partial charge in [0, 0.05) is 23.8 Å². The zero-order valence-corrected chi connectivity index (χ0v) is 24.6. The Hall–Kier alpha value is -2.57. The van der Waals surface area contributed by atoms with Gasteiger partial charge in [-0.05, 0) is 79.5 Å². The number of thiophene rings is 1. The molecule has 0 aromatic carbocycles. The molecule has 0 amide bonds. The monoisotopic (exact) mass is 602 g/mol. The number of aliphatic hydroxyl groups excluding tert-OH is 2. The van der Waals surface area contributed by atoms with E-state index >= 15 is 8.78 Å². The number of Topliss-reactive ketones (excluding diaryl/α,β-unsaturated/α-hetero) is 1. The van der Waals surface area contributed by atoms with E-state index < -0.39 is 70.6 Å². The van der Waals surface area contributed by atoms with Gasteiger partial charge in [-0.3, -0.25) is 9.59 Å². The van der Waals surface area contributed by atoms with Crippen LogP contribution in [0, 0.1) is 41.4 Å². The quantitative estimate of drug-likeness (QED) is 0.392. The van der Waals surface area contributed by atoms with Crippen LogP contribution in [0.1, 0.15) is 44.6 Å². The Kier molecular flexibility index (Phi) is 7.21. The molecule has 0 spiro atoms. The molecule has 226 valence electrons. The standard InChI is InChI=1S/C31H36F2N2O6S/c1-16-23(34-28(41-16)25-5-4-8-42-25)14-35(40)13-17-9-19-20-11-22(32)21-10-18(37)6-7-30(21,3)31(20,33)26(39)12-29(19,2)27(17)24(38)15-36/h4-8,10,17,19-20,22,26-27,36,39-40H,9,11-15H2,1-3H3. The third kappa shape index (κ3) is 4.23. The Labute approximate surface area is 246 Å². The molecule has 2 aromatic heterocycles. The number of nitrogens with zero attached hydrogens (tertiary/aromatic N) is 2. The molecule has 2 aromatic rings. The third-order valence-electron chi connectivity index (χ3n) is 10.7. The van der Waals surface area contributed by atoms with E-state index in [0.717, 1.165) is 16.0 Å². The van der Waals surface area contributed by atoms with Crippen LogP contribution in [0.25, 0.3) is 10.8 Å². The number of hydrogen-bond acceptors (Lipinski definition) is 9. The second kappa shape index (κ2) is 10.3. The number of rotatable bonds is 7. The van der Waals surface area contributed by atoms with E-state index in [2.05, 4.69) is 4.98 Å². The number of oxazole rings is 1. The smallest absolute Gasteiger partial charge is 0.236 e. The fraction of sp³-hybridized carbons (Fsp3) is 0.581. The fourth-order valence-corrected chi connectivity index (χ4v) is 9.53. The second-order valence-corrected chi connectivity index (χ2v) is 13.8. The first-order valence-corrected chi connectivity index (χ1v) is 15.2. The molecule has 42 heavy (non-hydrogen) atoms. The molecule has 11 heteroatoms. The summed E-state index contributed by atoms with van der Waals surface area (Å²) in [5, 5.41) is 35.4. The van der Waals surface area contributed by atoms with Gasteiger partial charge >= 0.3 is 0 Å². The van der Waals surface area contributed by atoms with Crippen molar-refractivity contribution in [1.82, 2.24) is 10.0 Å². The van der Waals surface area contributed by atoms with Crippen LogP contribution in [0.15, 0.2) is 45.7 Å². The lowest BCUT2D eigenvalue weighted by Gasteiger charge is -2.62. The molecular weight excluding hydrogens is 566 g/mol. The van der Waals surface area contributed by atoms with Crippen molar-refractivity contribution < 1.29 is 38.2 Å². The SMILES string of the molecule is Cc1oc(-c2cccs2)nc1CN(O)CC1CC2C3CC(F)C4=CC(=O)C=CC4(C)C3(F)C(O)CC2(C)C1C(=O)CO. The Morgan fingerprint density at radius 1 is 1.29 bits per heavy atom. The number of aryl methyl sites for hydroxylation is 1. The topological polar surface area (TPSA) is 124 Å². The summed E-state index contributed by atoms with van der Waals surface area (Å²) in [6, 6.07) is 3.77. The molecular formula is C31H36F2N2O6S. The second-order valence-electron chi connectivity index (χ2n) is 12.9. The first kappa shape index (κ1) is 29.5. The summed E-state index contributed by atoms with van der Waals surface area (Å²) in [6.07, 6.45) is 0.655. The van der Waals surface area contributed by atoms with Gasteiger partial charge in [-0.1, -0.05) is 19.1 Å². The van der Waals surface area contributed by atoms with Crippen LogP contribution in [0.4, 0.5) is 8.78 Å². The summed E-state index contributed by atoms with van der Waals surface area (Å²) in [7, 11) is 0. The van der Waals surface area contributed by atoms with Crippen molar-refractivity contribution >= 4 is 22.9 Å². The van der Waals surface area contributed by atoms with Gasteiger partial charge in [0.1, 0.15) is 18.5 Å². The van der Waals surface area contributed by atoms with Gasteiger partial charge in [0.25, 0.3) is 0 Å². The lowest BCUT2D eigenvalue weighted by atomic mass is 9.45. The molecule has 0 aliphatic heterocycles. The lowest BCUT2D eigenvalue weighted by molar-refractivity contribution is -0.202. The van der Waals surface area contributed by atoms with Crippen LogP contribution >= 0.6 is 11.3 Å². The predicted octanol–water partition coefficient (Wildman–Crippen LogP) is 4.63. The van der Waals surface area contributed by atoms with Crippen molar-refractivity contribution in [1.29, 1.82) is 0 Å². The van der Waals surface area contributed by atoms with Gasteiger partial charge < -0.3 is 19.8 Å². The summed E-state index contributed by atoms with van der Waals surface area (Å²) in [6.45, 7) is 4.43. The van der Waals surface area contributed by atoms with Gasteiger partial charge in [-0.25, -0.2) is 13.8 Å². The number of ketones is 2. The number of halogens is 2. The molecule has 0 saturated heterocycles. The van der Waals surface area contributed by atoms with Crippen molar-refractivity contribution in [2.24, 2.45) is 34.5 Å². The van der Waals surface area contributed by atoms with Crippen LogP contribution in [0.2, 0.25) is 0 Å². The molecule has 9 atom stereocenters. The number of carbonyl (C=O) groups excluding carboxylic acids is 2. The highest BCUT2D eigenvalue weighted by Gasteiger charge is 2.73. The average Bonchev–Trinajstić information content (AvgIpc) is 3.65. The molecule has 6 rings (SSSR count). The van der Waals surface area contributed by atoms with E-state index in [1.54, 1.807) is 6.92 Å². The van der Waals surface area contributed by atoms with E-state index in [1.807, 2.05) is 24.4 Å². The fourth-order valence-electron chi connectivity index (χ4n) is 8.88. The first-order chi connectivity index (χ1) is 19.8. The molecule has 8 nitrogen and oxygen atoms in total. The molecule has 3 saturated carbocycles. The molecule has 4 aliphatic rings. The normalized spacial score (nSPS) is 39.2. The zero-order chi connectivity index (χ0) is 30.2. The molecule has 4 aliphatic carbocycles. The number of carbonyl (C=O) groups is 2. The van der Waals surface area contributed by atoms with Gasteiger partial charge in [-0.2, -0.15) is 5.06 Å². The van der Waals surface area contributed by atoms with Gasteiger partial charge in [0.2, 0.25) is 5.89 Å². The van der Waals surface area contributed by atoms with E-state index in [9.17, 15) is 25.0 Å². The maximum absolute atomic E-state index is 17.5. The first-order valence-electron chi connectivity index (χ1n) is 14.4. The number of allylic oxidation sites excluding steroid dienone is 4. The van der Waals surface area contributed by atoms with Crippen LogP contribution in [0.5, 0.6) is 0 Å². The van der Waals surface area contributed by atoms with Gasteiger partial charge in [0.15, 0.2) is 17.2 Å². The third-order valence-corrected chi connectivity index (χ3v) is 11.6. The average molecular weight is 603 g/mol. The number of hydroxylamine groups is 2. The number of hydrogen-bond donors (Lipinski definition) is 3. The summed E-state index contributed by atoms with van der Waals surface area (Å²) >= 11 is 1.48. The van der Waals surface area contributed by atoms with Crippen molar-refractivity contribution in [3.8, 4) is 10.8 Å². The van der Waals surface area contributed by atoms with Crippen LogP contribution in [-0.2, 0) is 16.1 Å². The number of alkyl halides is 2. The summed E-state index contributed by atoms with van der Waals surface area (Å²) in [4.78, 5) is 30.7. The highest BCUT2D eigenvalue weighted by molar-refractivity contribution is 7.13. The van der Waals surface area contributed by atoms with Crippen LogP contribution < -0.4 is 0 Å². The number of aromatic nitrogens is 1. The minimum atomic E-state index is -2.26. The summed E-state index contributed by atoms with van der Waals surface area (Å²) < 4.78 is 39.0.